The minimum Gasteiger partial charge on any atom is -0.331 e. The van der Waals surface area contributed by atoms with E-state index < -0.39 is 0 Å². The van der Waals surface area contributed by atoms with Crippen molar-refractivity contribution in [2.24, 2.45) is 7.05 Å². The summed E-state index contributed by atoms with van der Waals surface area (Å²) in [5, 5.41) is 0. The molecular formula is C15H16N2O. The number of carbonyl (C=O) groups excluding carboxylic acids is 1. The molecule has 0 saturated heterocycles. The average Bonchev–Trinajstić information content (AvgIpc) is 2.70. The summed E-state index contributed by atoms with van der Waals surface area (Å²) < 4.78 is 2.15. The zero-order valence-electron chi connectivity index (χ0n) is 10.5. The standard InChI is InChI=1S/C15H16N2O/c1-17-14-5-3-2-4-13(14)16-15(17)10-11-6-8-12(18)9-7-11/h2-6H,7-10H2,1H3. The summed E-state index contributed by atoms with van der Waals surface area (Å²) in [5.41, 5.74) is 3.55. The SMILES string of the molecule is Cn1c(CC2=CCC(=O)CC2)nc2ccccc21. The van der Waals surface area contributed by atoms with E-state index >= 15 is 0 Å². The molecule has 0 bridgehead atoms. The van der Waals surface area contributed by atoms with Crippen molar-refractivity contribution in [2.75, 3.05) is 0 Å². The zero-order chi connectivity index (χ0) is 12.5. The molecule has 0 spiro atoms. The number of hydrogen-bond acceptors (Lipinski definition) is 2. The van der Waals surface area contributed by atoms with Gasteiger partial charge in [0.25, 0.3) is 0 Å². The smallest absolute Gasteiger partial charge is 0.136 e. The highest BCUT2D eigenvalue weighted by Gasteiger charge is 2.13. The molecule has 1 heterocycles. The van der Waals surface area contributed by atoms with Gasteiger partial charge in [-0.3, -0.25) is 4.79 Å². The van der Waals surface area contributed by atoms with Crippen LogP contribution in [-0.2, 0) is 18.3 Å². The van der Waals surface area contributed by atoms with Crippen LogP contribution in [0.1, 0.15) is 25.1 Å². The lowest BCUT2D eigenvalue weighted by molar-refractivity contribution is -0.118. The number of carbonyl (C=O) groups is 1. The molecule has 0 aliphatic heterocycles. The number of imidazole rings is 1. The van der Waals surface area contributed by atoms with Crippen molar-refractivity contribution >= 4 is 16.8 Å². The molecule has 3 heteroatoms. The summed E-state index contributed by atoms with van der Waals surface area (Å²) in [6.07, 6.45) is 5.11. The number of Topliss-reactive ketones (excluding diaryl/α,β-unsaturated/α-hetero) is 1. The van der Waals surface area contributed by atoms with Crippen molar-refractivity contribution in [1.82, 2.24) is 9.55 Å². The summed E-state index contributed by atoms with van der Waals surface area (Å²) in [6.45, 7) is 0. The van der Waals surface area contributed by atoms with Crippen LogP contribution in [0.4, 0.5) is 0 Å². The van der Waals surface area contributed by atoms with Crippen molar-refractivity contribution in [3.05, 3.63) is 41.7 Å². The third kappa shape index (κ3) is 1.96. The van der Waals surface area contributed by atoms with Crippen molar-refractivity contribution in [3.8, 4) is 0 Å². The second kappa shape index (κ2) is 4.41. The van der Waals surface area contributed by atoms with Gasteiger partial charge in [0, 0.05) is 26.3 Å². The fourth-order valence-corrected chi connectivity index (χ4v) is 2.48. The number of nitrogens with zero attached hydrogens (tertiary/aromatic N) is 2. The van der Waals surface area contributed by atoms with Crippen LogP contribution >= 0.6 is 0 Å². The molecule has 1 aliphatic carbocycles. The van der Waals surface area contributed by atoms with E-state index in [4.69, 9.17) is 0 Å². The van der Waals surface area contributed by atoms with E-state index in [2.05, 4.69) is 28.7 Å². The number of aryl methyl sites for hydroxylation is 1. The van der Waals surface area contributed by atoms with Crippen LogP contribution in [0.25, 0.3) is 11.0 Å². The highest BCUT2D eigenvalue weighted by molar-refractivity contribution is 5.81. The highest BCUT2D eigenvalue weighted by Crippen LogP contribution is 2.21. The quantitative estimate of drug-likeness (QED) is 0.756. The lowest BCUT2D eigenvalue weighted by Crippen LogP contribution is -2.07. The Balaban J connectivity index is 1.91. The first kappa shape index (κ1) is 11.2. The maximum atomic E-state index is 11.2. The van der Waals surface area contributed by atoms with Crippen LogP contribution in [0, 0.1) is 0 Å². The van der Waals surface area contributed by atoms with Gasteiger partial charge in [0.15, 0.2) is 0 Å². The van der Waals surface area contributed by atoms with Gasteiger partial charge in [-0.15, -0.1) is 0 Å². The first-order valence-corrected chi connectivity index (χ1v) is 6.34. The third-order valence-electron chi connectivity index (χ3n) is 3.61. The average molecular weight is 240 g/mol. The van der Waals surface area contributed by atoms with Crippen molar-refractivity contribution < 1.29 is 4.79 Å². The van der Waals surface area contributed by atoms with Crippen LogP contribution < -0.4 is 0 Å². The fourth-order valence-electron chi connectivity index (χ4n) is 2.48. The number of allylic oxidation sites excluding steroid dienone is 2. The number of ketones is 1. The molecule has 1 aromatic carbocycles. The number of hydrogen-bond donors (Lipinski definition) is 0. The Morgan fingerprint density at radius 1 is 1.28 bits per heavy atom. The summed E-state index contributed by atoms with van der Waals surface area (Å²) in [4.78, 5) is 15.9. The zero-order valence-corrected chi connectivity index (χ0v) is 10.5. The van der Waals surface area contributed by atoms with Gasteiger partial charge in [-0.05, 0) is 18.6 Å². The first-order chi connectivity index (χ1) is 8.74. The van der Waals surface area contributed by atoms with Gasteiger partial charge in [0.1, 0.15) is 11.6 Å². The van der Waals surface area contributed by atoms with Gasteiger partial charge in [0.2, 0.25) is 0 Å². The maximum Gasteiger partial charge on any atom is 0.136 e. The van der Waals surface area contributed by atoms with E-state index in [1.807, 2.05) is 18.2 Å². The van der Waals surface area contributed by atoms with Gasteiger partial charge in [-0.1, -0.05) is 23.8 Å². The van der Waals surface area contributed by atoms with Crippen LogP contribution in [0.15, 0.2) is 35.9 Å². The Morgan fingerprint density at radius 2 is 2.11 bits per heavy atom. The lowest BCUT2D eigenvalue weighted by Gasteiger charge is -2.11. The Hall–Kier alpha value is -1.90. The van der Waals surface area contributed by atoms with Gasteiger partial charge in [-0.2, -0.15) is 0 Å². The van der Waals surface area contributed by atoms with Crippen molar-refractivity contribution in [3.63, 3.8) is 0 Å². The van der Waals surface area contributed by atoms with Crippen molar-refractivity contribution in [1.29, 1.82) is 0 Å². The molecule has 0 atom stereocenters. The van der Waals surface area contributed by atoms with Gasteiger partial charge in [-0.25, -0.2) is 4.98 Å². The highest BCUT2D eigenvalue weighted by atomic mass is 16.1. The molecule has 0 amide bonds. The second-order valence-electron chi connectivity index (χ2n) is 4.86. The van der Waals surface area contributed by atoms with E-state index in [0.717, 1.165) is 24.2 Å². The summed E-state index contributed by atoms with van der Waals surface area (Å²) in [5.74, 6) is 1.43. The molecular weight excluding hydrogens is 224 g/mol. The first-order valence-electron chi connectivity index (χ1n) is 6.34. The van der Waals surface area contributed by atoms with E-state index in [1.54, 1.807) is 0 Å². The summed E-state index contributed by atoms with van der Waals surface area (Å²) in [6, 6.07) is 8.17. The van der Waals surface area contributed by atoms with Crippen LogP contribution in [-0.4, -0.2) is 15.3 Å². The van der Waals surface area contributed by atoms with Crippen molar-refractivity contribution in [2.45, 2.75) is 25.7 Å². The number of para-hydroxylation sites is 2. The molecule has 0 N–H and O–H groups in total. The Bertz CT molecular complexity index is 637. The maximum absolute atomic E-state index is 11.2. The number of rotatable bonds is 2. The van der Waals surface area contributed by atoms with Gasteiger partial charge < -0.3 is 4.57 Å². The molecule has 0 unspecified atom stereocenters. The topological polar surface area (TPSA) is 34.9 Å². The molecule has 18 heavy (non-hydrogen) atoms. The molecule has 3 rings (SSSR count). The van der Waals surface area contributed by atoms with Crippen LogP contribution in [0.5, 0.6) is 0 Å². The molecule has 0 saturated carbocycles. The molecule has 92 valence electrons. The number of benzene rings is 1. The summed E-state index contributed by atoms with van der Waals surface area (Å²) >= 11 is 0. The molecule has 2 aromatic rings. The molecule has 0 fully saturated rings. The number of fused-ring (bicyclic) bond motifs is 1. The van der Waals surface area contributed by atoms with Crippen LogP contribution in [0.3, 0.4) is 0 Å². The molecule has 0 radical (unpaired) electrons. The fraction of sp³-hybridized carbons (Fsp3) is 0.333. The Labute approximate surface area is 106 Å². The normalized spacial score (nSPS) is 16.1. The van der Waals surface area contributed by atoms with E-state index in [0.29, 0.717) is 18.6 Å². The van der Waals surface area contributed by atoms with Crippen LogP contribution in [0.2, 0.25) is 0 Å². The molecule has 3 nitrogen and oxygen atoms in total. The second-order valence-corrected chi connectivity index (χ2v) is 4.86. The molecule has 1 aromatic heterocycles. The predicted molar refractivity (Wildman–Crippen MR) is 71.4 cm³/mol. The summed E-state index contributed by atoms with van der Waals surface area (Å²) in [7, 11) is 2.05. The van der Waals surface area contributed by atoms with E-state index in [9.17, 15) is 4.79 Å². The predicted octanol–water partition coefficient (Wildman–Crippen LogP) is 2.80. The minimum absolute atomic E-state index is 0.351. The van der Waals surface area contributed by atoms with E-state index in [-0.39, 0.29) is 0 Å². The minimum atomic E-state index is 0.351. The number of aromatic nitrogens is 2. The lowest BCUT2D eigenvalue weighted by atomic mass is 9.96. The van der Waals surface area contributed by atoms with Gasteiger partial charge >= 0.3 is 0 Å². The van der Waals surface area contributed by atoms with E-state index in [1.165, 1.54) is 11.1 Å². The molecule has 1 aliphatic rings. The largest absolute Gasteiger partial charge is 0.331 e. The van der Waals surface area contributed by atoms with Gasteiger partial charge in [0.05, 0.1) is 11.0 Å². The Kier molecular flexibility index (Phi) is 2.74. The third-order valence-corrected chi connectivity index (χ3v) is 3.61. The Morgan fingerprint density at radius 3 is 2.83 bits per heavy atom. The monoisotopic (exact) mass is 240 g/mol.